The first-order valence-electron chi connectivity index (χ1n) is 9.35. The standard InChI is InChI=1S/C26H22O/c1-19-16-17-21-12-8-9-15-23(21)24(19)18-25(20-10-4-2-5-11-20)26(27)22-13-6-3-7-14-22/h2-17,25H,18H2,1H3. The van der Waals surface area contributed by atoms with Crippen molar-refractivity contribution in [1.29, 1.82) is 0 Å². The van der Waals surface area contributed by atoms with Crippen LogP contribution in [0.2, 0.25) is 0 Å². The summed E-state index contributed by atoms with van der Waals surface area (Å²) in [4.78, 5) is 13.4. The summed E-state index contributed by atoms with van der Waals surface area (Å²) in [5, 5.41) is 2.45. The van der Waals surface area contributed by atoms with Crippen LogP contribution in [0, 0.1) is 6.92 Å². The van der Waals surface area contributed by atoms with Crippen LogP contribution in [0.1, 0.15) is 33.0 Å². The highest BCUT2D eigenvalue weighted by Crippen LogP contribution is 2.30. The molecule has 132 valence electrons. The lowest BCUT2D eigenvalue weighted by molar-refractivity contribution is 0.0959. The van der Waals surface area contributed by atoms with E-state index in [1.165, 1.54) is 21.9 Å². The van der Waals surface area contributed by atoms with Crippen molar-refractivity contribution >= 4 is 16.6 Å². The van der Waals surface area contributed by atoms with Crippen LogP contribution in [0.3, 0.4) is 0 Å². The molecule has 0 radical (unpaired) electrons. The van der Waals surface area contributed by atoms with E-state index in [1.807, 2.05) is 48.5 Å². The molecular formula is C26H22O. The third-order valence-corrected chi connectivity index (χ3v) is 5.26. The normalized spacial score (nSPS) is 12.0. The van der Waals surface area contributed by atoms with Gasteiger partial charge in [0, 0.05) is 5.56 Å². The van der Waals surface area contributed by atoms with E-state index in [4.69, 9.17) is 0 Å². The molecule has 1 unspecified atom stereocenters. The Morgan fingerprint density at radius 1 is 0.741 bits per heavy atom. The van der Waals surface area contributed by atoms with Gasteiger partial charge in [0.2, 0.25) is 0 Å². The summed E-state index contributed by atoms with van der Waals surface area (Å²) in [5.74, 6) is -0.0211. The van der Waals surface area contributed by atoms with Crippen molar-refractivity contribution in [1.82, 2.24) is 0 Å². The van der Waals surface area contributed by atoms with E-state index >= 15 is 0 Å². The van der Waals surface area contributed by atoms with Gasteiger partial charge in [-0.3, -0.25) is 4.79 Å². The van der Waals surface area contributed by atoms with Crippen LogP contribution in [-0.2, 0) is 6.42 Å². The number of ketones is 1. The number of carbonyl (C=O) groups excluding carboxylic acids is 1. The molecule has 0 saturated carbocycles. The Balaban J connectivity index is 1.81. The fourth-order valence-corrected chi connectivity index (χ4v) is 3.77. The lowest BCUT2D eigenvalue weighted by Gasteiger charge is -2.19. The first kappa shape index (κ1) is 17.2. The molecule has 1 heteroatoms. The predicted molar refractivity (Wildman–Crippen MR) is 112 cm³/mol. The molecule has 27 heavy (non-hydrogen) atoms. The van der Waals surface area contributed by atoms with E-state index in [2.05, 4.69) is 55.5 Å². The maximum absolute atomic E-state index is 13.4. The van der Waals surface area contributed by atoms with Gasteiger partial charge in [0.05, 0.1) is 5.92 Å². The summed E-state index contributed by atoms with van der Waals surface area (Å²) in [6.07, 6.45) is 0.699. The van der Waals surface area contributed by atoms with Crippen molar-refractivity contribution in [2.24, 2.45) is 0 Å². The van der Waals surface area contributed by atoms with Gasteiger partial charge in [-0.2, -0.15) is 0 Å². The topological polar surface area (TPSA) is 17.1 Å². The molecule has 0 aromatic heterocycles. The van der Waals surface area contributed by atoms with Crippen LogP contribution >= 0.6 is 0 Å². The Kier molecular flexibility index (Phi) is 4.84. The second-order valence-electron chi connectivity index (χ2n) is 6.98. The highest BCUT2D eigenvalue weighted by atomic mass is 16.1. The minimum Gasteiger partial charge on any atom is -0.293 e. The lowest BCUT2D eigenvalue weighted by Crippen LogP contribution is -2.16. The second kappa shape index (κ2) is 7.59. The van der Waals surface area contributed by atoms with Gasteiger partial charge < -0.3 is 0 Å². The molecule has 4 aromatic rings. The Hall–Kier alpha value is -3.19. The van der Waals surface area contributed by atoms with Gasteiger partial charge in [-0.1, -0.05) is 97.1 Å². The molecule has 1 atom stereocenters. The second-order valence-corrected chi connectivity index (χ2v) is 6.98. The molecule has 0 spiro atoms. The fourth-order valence-electron chi connectivity index (χ4n) is 3.77. The molecule has 0 heterocycles. The summed E-state index contributed by atoms with van der Waals surface area (Å²) in [6.45, 7) is 2.14. The van der Waals surface area contributed by atoms with Gasteiger partial charge in [-0.25, -0.2) is 0 Å². The highest BCUT2D eigenvalue weighted by molar-refractivity contribution is 6.01. The van der Waals surface area contributed by atoms with E-state index in [9.17, 15) is 4.79 Å². The number of aryl methyl sites for hydroxylation is 1. The van der Waals surface area contributed by atoms with Crippen LogP contribution < -0.4 is 0 Å². The molecule has 0 aliphatic rings. The average Bonchev–Trinajstić information content (AvgIpc) is 2.74. The zero-order chi connectivity index (χ0) is 18.6. The number of hydrogen-bond donors (Lipinski definition) is 0. The van der Waals surface area contributed by atoms with Gasteiger partial charge in [-0.05, 0) is 40.8 Å². The Labute approximate surface area is 160 Å². The summed E-state index contributed by atoms with van der Waals surface area (Å²) in [7, 11) is 0. The number of carbonyl (C=O) groups is 1. The Morgan fingerprint density at radius 2 is 1.37 bits per heavy atom. The van der Waals surface area contributed by atoms with Crippen molar-refractivity contribution < 1.29 is 4.79 Å². The maximum Gasteiger partial charge on any atom is 0.170 e. The third kappa shape index (κ3) is 3.54. The summed E-state index contributed by atoms with van der Waals surface area (Å²) in [6, 6.07) is 32.5. The number of rotatable bonds is 5. The van der Waals surface area contributed by atoms with Gasteiger partial charge in [-0.15, -0.1) is 0 Å². The summed E-state index contributed by atoms with van der Waals surface area (Å²) >= 11 is 0. The van der Waals surface area contributed by atoms with E-state index in [1.54, 1.807) is 0 Å². The van der Waals surface area contributed by atoms with Crippen LogP contribution in [-0.4, -0.2) is 5.78 Å². The molecule has 0 saturated heterocycles. The predicted octanol–water partition coefficient (Wildman–Crippen LogP) is 6.36. The monoisotopic (exact) mass is 350 g/mol. The molecule has 0 N–H and O–H groups in total. The van der Waals surface area contributed by atoms with Gasteiger partial charge in [0.15, 0.2) is 5.78 Å². The van der Waals surface area contributed by atoms with Crippen LogP contribution in [0.15, 0.2) is 97.1 Å². The van der Waals surface area contributed by atoms with E-state index < -0.39 is 0 Å². The van der Waals surface area contributed by atoms with E-state index in [0.29, 0.717) is 6.42 Å². The first-order valence-corrected chi connectivity index (χ1v) is 9.35. The molecule has 0 aliphatic heterocycles. The Morgan fingerprint density at radius 3 is 2.11 bits per heavy atom. The first-order chi connectivity index (χ1) is 13.2. The largest absolute Gasteiger partial charge is 0.293 e. The molecule has 0 bridgehead atoms. The van der Waals surface area contributed by atoms with Gasteiger partial charge in [0.25, 0.3) is 0 Å². The van der Waals surface area contributed by atoms with Crippen molar-refractivity contribution in [3.8, 4) is 0 Å². The van der Waals surface area contributed by atoms with Gasteiger partial charge >= 0.3 is 0 Å². The quantitative estimate of drug-likeness (QED) is 0.383. The average molecular weight is 350 g/mol. The SMILES string of the molecule is Cc1ccc2ccccc2c1CC(C(=O)c1ccccc1)c1ccccc1. The van der Waals surface area contributed by atoms with Crippen molar-refractivity contribution in [3.05, 3.63) is 119 Å². The number of hydrogen-bond acceptors (Lipinski definition) is 1. The molecular weight excluding hydrogens is 328 g/mol. The summed E-state index contributed by atoms with van der Waals surface area (Å²) in [5.41, 5.74) is 4.32. The van der Waals surface area contributed by atoms with Crippen LogP contribution in [0.5, 0.6) is 0 Å². The number of Topliss-reactive ketones (excluding diaryl/α,β-unsaturated/α-hetero) is 1. The van der Waals surface area contributed by atoms with E-state index in [-0.39, 0.29) is 11.7 Å². The smallest absolute Gasteiger partial charge is 0.170 e. The van der Waals surface area contributed by atoms with Gasteiger partial charge in [0.1, 0.15) is 0 Å². The van der Waals surface area contributed by atoms with Crippen molar-refractivity contribution in [3.63, 3.8) is 0 Å². The van der Waals surface area contributed by atoms with Crippen molar-refractivity contribution in [2.75, 3.05) is 0 Å². The zero-order valence-corrected chi connectivity index (χ0v) is 15.4. The maximum atomic E-state index is 13.4. The molecule has 1 nitrogen and oxygen atoms in total. The number of fused-ring (bicyclic) bond motifs is 1. The zero-order valence-electron chi connectivity index (χ0n) is 15.4. The molecule has 0 amide bonds. The molecule has 0 fully saturated rings. The highest BCUT2D eigenvalue weighted by Gasteiger charge is 2.23. The Bertz CT molecular complexity index is 1070. The summed E-state index contributed by atoms with van der Waals surface area (Å²) < 4.78 is 0. The molecule has 0 aliphatic carbocycles. The number of benzene rings is 4. The molecule has 4 aromatic carbocycles. The van der Waals surface area contributed by atoms with E-state index in [0.717, 1.165) is 11.1 Å². The van der Waals surface area contributed by atoms with Crippen LogP contribution in [0.25, 0.3) is 10.8 Å². The minimum absolute atomic E-state index is 0.175. The molecule has 4 rings (SSSR count). The fraction of sp³-hybridized carbons (Fsp3) is 0.115. The third-order valence-electron chi connectivity index (χ3n) is 5.26. The van der Waals surface area contributed by atoms with Crippen molar-refractivity contribution in [2.45, 2.75) is 19.3 Å². The van der Waals surface area contributed by atoms with Crippen LogP contribution in [0.4, 0.5) is 0 Å². The minimum atomic E-state index is -0.196. The lowest BCUT2D eigenvalue weighted by atomic mass is 9.83.